The van der Waals surface area contributed by atoms with Crippen LogP contribution in [0.25, 0.3) is 11.2 Å². The van der Waals surface area contributed by atoms with Crippen LogP contribution in [0.3, 0.4) is 0 Å². The molecule has 0 aliphatic carbocycles. The fourth-order valence-corrected chi connectivity index (χ4v) is 2.55. The topological polar surface area (TPSA) is 152 Å². The second kappa shape index (κ2) is 6.33. The van der Waals surface area contributed by atoms with E-state index in [4.69, 9.17) is 15.2 Å². The van der Waals surface area contributed by atoms with Crippen LogP contribution in [-0.4, -0.2) is 62.5 Å². The number of carbonyl (C=O) groups is 2. The first-order valence-electron chi connectivity index (χ1n) is 6.70. The highest BCUT2D eigenvalue weighted by atomic mass is 19.1. The minimum Gasteiger partial charge on any atom is -0.465 e. The molecule has 0 radical (unpaired) electrons. The molecule has 11 nitrogen and oxygen atoms in total. The molecule has 0 bridgehead atoms. The summed E-state index contributed by atoms with van der Waals surface area (Å²) in [5.74, 6) is -0.176. The van der Waals surface area contributed by atoms with Crippen molar-refractivity contribution in [3.63, 3.8) is 0 Å². The number of hydrogen-bond donors (Lipinski definition) is 2. The molecule has 4 atom stereocenters. The second-order valence-corrected chi connectivity index (χ2v) is 4.88. The number of hydrogen-bond acceptors (Lipinski definition) is 10. The Balaban J connectivity index is 1.97. The van der Waals surface area contributed by atoms with E-state index in [2.05, 4.69) is 19.7 Å². The molecule has 3 rings (SSSR count). The lowest BCUT2D eigenvalue weighted by Gasteiger charge is -2.17. The van der Waals surface area contributed by atoms with Crippen LogP contribution in [0, 0.1) is 6.08 Å². The molecule has 12 heteroatoms. The molecule has 1 fully saturated rings. The average Bonchev–Trinajstić information content (AvgIpc) is 3.08. The van der Waals surface area contributed by atoms with E-state index >= 15 is 0 Å². The summed E-state index contributed by atoms with van der Waals surface area (Å²) in [4.78, 5) is 31.8. The Morgan fingerprint density at radius 3 is 2.92 bits per heavy atom. The van der Waals surface area contributed by atoms with E-state index in [1.807, 2.05) is 0 Å². The number of nitrogens with zero attached hydrogens (tertiary/aromatic N) is 4. The Kier molecular flexibility index (Phi) is 4.22. The third-order valence-corrected chi connectivity index (χ3v) is 3.55. The molecule has 3 N–H and O–H groups in total. The highest BCUT2D eigenvalue weighted by molar-refractivity contribution is 5.81. The van der Waals surface area contributed by atoms with E-state index in [1.54, 1.807) is 0 Å². The van der Waals surface area contributed by atoms with Gasteiger partial charge in [-0.05, 0) is 0 Å². The van der Waals surface area contributed by atoms with Crippen molar-refractivity contribution in [1.29, 1.82) is 0 Å². The highest BCUT2D eigenvalue weighted by Crippen LogP contribution is 2.33. The molecular weight excluding hydrogens is 329 g/mol. The van der Waals surface area contributed by atoms with Gasteiger partial charge in [-0.25, -0.2) is 4.98 Å². The molecular formula is C12H12FN5O6. The molecule has 128 valence electrons. The molecule has 4 unspecified atom stereocenters. The van der Waals surface area contributed by atoms with E-state index in [1.165, 1.54) is 10.9 Å². The lowest BCUT2D eigenvalue weighted by atomic mass is 10.1. The maximum Gasteiger partial charge on any atom is 0.312 e. The average molecular weight is 341 g/mol. The number of fused-ring (bicyclic) bond motifs is 1. The van der Waals surface area contributed by atoms with Gasteiger partial charge in [-0.15, -0.1) is 0 Å². The lowest BCUT2D eigenvalue weighted by Crippen LogP contribution is -2.36. The normalized spacial score (nSPS) is 26.4. The Bertz CT molecular complexity index is 770. The zero-order chi connectivity index (χ0) is 17.3. The maximum absolute atomic E-state index is 13.4. The number of nitrogens with two attached hydrogens (primary N) is 1. The van der Waals surface area contributed by atoms with Gasteiger partial charge in [0.15, 0.2) is 29.3 Å². The maximum atomic E-state index is 13.4. The van der Waals surface area contributed by atoms with Gasteiger partial charge in [0.2, 0.25) is 0 Å². The van der Waals surface area contributed by atoms with Gasteiger partial charge in [-0.1, -0.05) is 0 Å². The molecule has 0 amide bonds. The number of carbonyl (C=O) groups excluding carboxylic acids is 2. The summed E-state index contributed by atoms with van der Waals surface area (Å²) in [5.41, 5.74) is 5.68. The standard InChI is InChI=1S/C12H12FN5O6/c13-12-16-9(14)6-10(17-12)18(2-15-6)11-7(21)8(23-4-20)5(24-11)1-22-3-19/h2-5,7-8,11,21H,1H2,(H2,14,16,17). The van der Waals surface area contributed by atoms with Crippen molar-refractivity contribution in [1.82, 2.24) is 19.5 Å². The van der Waals surface area contributed by atoms with Crippen molar-refractivity contribution in [2.75, 3.05) is 12.3 Å². The lowest BCUT2D eigenvalue weighted by molar-refractivity contribution is -0.144. The number of halogens is 1. The van der Waals surface area contributed by atoms with Gasteiger partial charge < -0.3 is 25.1 Å². The zero-order valence-corrected chi connectivity index (χ0v) is 12.0. The molecule has 24 heavy (non-hydrogen) atoms. The highest BCUT2D eigenvalue weighted by Gasteiger charge is 2.47. The fourth-order valence-electron chi connectivity index (χ4n) is 2.55. The molecule has 1 saturated heterocycles. The first kappa shape index (κ1) is 16.0. The molecule has 0 saturated carbocycles. The van der Waals surface area contributed by atoms with Crippen molar-refractivity contribution < 1.29 is 33.3 Å². The number of nitrogen functional groups attached to an aromatic ring is 1. The van der Waals surface area contributed by atoms with Gasteiger partial charge in [-0.3, -0.25) is 14.2 Å². The largest absolute Gasteiger partial charge is 0.465 e. The van der Waals surface area contributed by atoms with Gasteiger partial charge in [0.05, 0.1) is 6.33 Å². The van der Waals surface area contributed by atoms with Crippen LogP contribution in [0.5, 0.6) is 0 Å². The monoisotopic (exact) mass is 341 g/mol. The number of aliphatic hydroxyl groups is 1. The van der Waals surface area contributed by atoms with Crippen molar-refractivity contribution in [2.24, 2.45) is 0 Å². The van der Waals surface area contributed by atoms with E-state index in [9.17, 15) is 19.1 Å². The summed E-state index contributed by atoms with van der Waals surface area (Å²) in [5, 5.41) is 10.3. The number of ether oxygens (including phenoxy) is 3. The van der Waals surface area contributed by atoms with Crippen LogP contribution in [0.4, 0.5) is 10.2 Å². The summed E-state index contributed by atoms with van der Waals surface area (Å²) in [6.07, 6.45) is -4.34. The molecule has 2 aromatic heterocycles. The van der Waals surface area contributed by atoms with Crippen LogP contribution >= 0.6 is 0 Å². The molecule has 3 heterocycles. The Morgan fingerprint density at radius 1 is 1.42 bits per heavy atom. The summed E-state index contributed by atoms with van der Waals surface area (Å²) in [6, 6.07) is 0. The Hall–Kier alpha value is -2.86. The van der Waals surface area contributed by atoms with Crippen molar-refractivity contribution in [3.05, 3.63) is 12.4 Å². The smallest absolute Gasteiger partial charge is 0.312 e. The first-order valence-corrected chi connectivity index (χ1v) is 6.70. The predicted molar refractivity (Wildman–Crippen MR) is 72.6 cm³/mol. The van der Waals surface area contributed by atoms with Gasteiger partial charge in [0.1, 0.15) is 18.8 Å². The molecule has 2 aromatic rings. The number of aliphatic hydroxyl groups excluding tert-OH is 1. The fraction of sp³-hybridized carbons (Fsp3) is 0.417. The molecule has 1 aliphatic heterocycles. The van der Waals surface area contributed by atoms with Gasteiger partial charge in [0.25, 0.3) is 12.9 Å². The van der Waals surface area contributed by atoms with Crippen LogP contribution in [0.15, 0.2) is 6.33 Å². The van der Waals surface area contributed by atoms with Crippen LogP contribution in [0.1, 0.15) is 6.23 Å². The number of anilines is 1. The minimum absolute atomic E-state index is 0.00846. The van der Waals surface area contributed by atoms with Crippen LogP contribution in [-0.2, 0) is 23.8 Å². The van der Waals surface area contributed by atoms with Crippen LogP contribution in [0.2, 0.25) is 0 Å². The number of rotatable bonds is 6. The van der Waals surface area contributed by atoms with Gasteiger partial charge >= 0.3 is 6.08 Å². The third kappa shape index (κ3) is 2.61. The molecule has 0 aromatic carbocycles. The quantitative estimate of drug-likeness (QED) is 0.470. The Labute approximate surface area is 133 Å². The van der Waals surface area contributed by atoms with Gasteiger partial charge in [0, 0.05) is 0 Å². The summed E-state index contributed by atoms with van der Waals surface area (Å²) in [7, 11) is 0. The predicted octanol–water partition coefficient (Wildman–Crippen LogP) is -1.48. The first-order chi connectivity index (χ1) is 11.6. The third-order valence-electron chi connectivity index (χ3n) is 3.55. The van der Waals surface area contributed by atoms with E-state index < -0.39 is 30.6 Å². The van der Waals surface area contributed by atoms with Crippen molar-refractivity contribution in [2.45, 2.75) is 24.5 Å². The summed E-state index contributed by atoms with van der Waals surface area (Å²) in [6.45, 7) is 0.0734. The number of aromatic nitrogens is 4. The SMILES string of the molecule is Nc1nc(F)nc2c1ncn2C1OC(COC=O)C(OC=O)C1O. The Morgan fingerprint density at radius 2 is 2.21 bits per heavy atom. The molecule has 1 aliphatic rings. The van der Waals surface area contributed by atoms with E-state index in [0.717, 1.165) is 0 Å². The zero-order valence-electron chi connectivity index (χ0n) is 12.0. The van der Waals surface area contributed by atoms with Crippen LogP contribution < -0.4 is 5.73 Å². The summed E-state index contributed by atoms with van der Waals surface area (Å²) < 4.78 is 29.6. The second-order valence-electron chi connectivity index (χ2n) is 4.88. The minimum atomic E-state index is -1.34. The molecule has 0 spiro atoms. The van der Waals surface area contributed by atoms with Crippen molar-refractivity contribution in [3.8, 4) is 0 Å². The van der Waals surface area contributed by atoms with E-state index in [0.29, 0.717) is 0 Å². The van der Waals surface area contributed by atoms with Crippen molar-refractivity contribution >= 4 is 29.9 Å². The number of imidazole rings is 1. The van der Waals surface area contributed by atoms with Gasteiger partial charge in [-0.2, -0.15) is 14.4 Å². The van der Waals surface area contributed by atoms with E-state index in [-0.39, 0.29) is 36.5 Å². The summed E-state index contributed by atoms with van der Waals surface area (Å²) >= 11 is 0.